The number of carbonyl (C=O) groups excluding carboxylic acids is 2. The van der Waals surface area contributed by atoms with E-state index in [-0.39, 0.29) is 29.3 Å². The van der Waals surface area contributed by atoms with Crippen LogP contribution in [0.25, 0.3) is 0 Å². The third-order valence-corrected chi connectivity index (χ3v) is 4.41. The molecule has 6 heteroatoms. The Bertz CT molecular complexity index is 488. The molecular formula is C19H29NO5. The molecule has 1 saturated carbocycles. The third kappa shape index (κ3) is 6.06. The van der Waals surface area contributed by atoms with Crippen molar-refractivity contribution in [1.29, 1.82) is 0 Å². The van der Waals surface area contributed by atoms with Crippen LogP contribution in [-0.2, 0) is 23.9 Å². The van der Waals surface area contributed by atoms with Gasteiger partial charge in [-0.3, -0.25) is 19.9 Å². The predicted molar refractivity (Wildman–Crippen MR) is 93.5 cm³/mol. The molecule has 0 unspecified atom stereocenters. The van der Waals surface area contributed by atoms with Crippen molar-refractivity contribution in [2.24, 2.45) is 5.92 Å². The Balaban J connectivity index is 1.94. The van der Waals surface area contributed by atoms with Gasteiger partial charge in [-0.15, -0.1) is 6.58 Å². The fourth-order valence-electron chi connectivity index (χ4n) is 3.24. The summed E-state index contributed by atoms with van der Waals surface area (Å²) in [6.07, 6.45) is 6.05. The molecule has 0 atom stereocenters. The predicted octanol–water partition coefficient (Wildman–Crippen LogP) is 2.84. The first-order valence-electron chi connectivity index (χ1n) is 9.17. The van der Waals surface area contributed by atoms with Gasteiger partial charge in [-0.25, -0.2) is 0 Å². The summed E-state index contributed by atoms with van der Waals surface area (Å²) in [6.45, 7) is 7.33. The molecule has 0 aromatic heterocycles. The number of hydrogen-bond donors (Lipinski definition) is 1. The third-order valence-electron chi connectivity index (χ3n) is 4.41. The maximum absolute atomic E-state index is 12.6. The zero-order chi connectivity index (χ0) is 18.1. The van der Waals surface area contributed by atoms with E-state index in [1.165, 1.54) is 0 Å². The molecule has 1 aliphatic heterocycles. The van der Waals surface area contributed by atoms with Gasteiger partial charge in [0.15, 0.2) is 17.9 Å². The van der Waals surface area contributed by atoms with Gasteiger partial charge in [-0.2, -0.15) is 0 Å². The Morgan fingerprint density at radius 2 is 1.92 bits per heavy atom. The van der Waals surface area contributed by atoms with E-state index in [0.717, 1.165) is 38.9 Å². The molecule has 0 radical (unpaired) electrons. The van der Waals surface area contributed by atoms with Crippen LogP contribution in [0, 0.1) is 5.92 Å². The van der Waals surface area contributed by atoms with Crippen molar-refractivity contribution < 1.29 is 23.9 Å². The molecule has 2 aliphatic rings. The summed E-state index contributed by atoms with van der Waals surface area (Å²) < 4.78 is 11.1. The molecule has 0 spiro atoms. The molecule has 25 heavy (non-hydrogen) atoms. The summed E-state index contributed by atoms with van der Waals surface area (Å²) in [5, 5.41) is 0. The summed E-state index contributed by atoms with van der Waals surface area (Å²) in [6, 6.07) is 0. The Hall–Kier alpha value is -1.50. The lowest BCUT2D eigenvalue weighted by atomic mass is 9.80. The van der Waals surface area contributed by atoms with Crippen molar-refractivity contribution in [3.63, 3.8) is 0 Å². The maximum atomic E-state index is 12.6. The van der Waals surface area contributed by atoms with Crippen LogP contribution in [0.4, 0.5) is 0 Å². The SMILES string of the molecule is C=CCONC(CCC)=C1C(=O)CC(CCC2OCCCO2)CC1=O. The lowest BCUT2D eigenvalue weighted by Gasteiger charge is -2.27. The van der Waals surface area contributed by atoms with Gasteiger partial charge >= 0.3 is 0 Å². The van der Waals surface area contributed by atoms with Crippen LogP contribution < -0.4 is 5.48 Å². The van der Waals surface area contributed by atoms with Crippen molar-refractivity contribution in [1.82, 2.24) is 5.48 Å². The van der Waals surface area contributed by atoms with Crippen LogP contribution in [0.15, 0.2) is 23.9 Å². The number of Topliss-reactive ketones (excluding diaryl/α,β-unsaturated/α-hetero) is 2. The largest absolute Gasteiger partial charge is 0.353 e. The maximum Gasteiger partial charge on any atom is 0.168 e. The Labute approximate surface area is 149 Å². The zero-order valence-electron chi connectivity index (χ0n) is 15.1. The van der Waals surface area contributed by atoms with Crippen molar-refractivity contribution in [2.75, 3.05) is 19.8 Å². The number of nitrogens with one attached hydrogen (secondary N) is 1. The fraction of sp³-hybridized carbons (Fsp3) is 0.684. The molecule has 1 saturated heterocycles. The lowest BCUT2D eigenvalue weighted by Crippen LogP contribution is -2.32. The summed E-state index contributed by atoms with van der Waals surface area (Å²) in [5.74, 6) is -0.121. The second kappa shape index (κ2) is 10.5. The second-order valence-electron chi connectivity index (χ2n) is 6.53. The molecule has 1 N–H and O–H groups in total. The van der Waals surface area contributed by atoms with Crippen LogP contribution in [0.2, 0.25) is 0 Å². The summed E-state index contributed by atoms with van der Waals surface area (Å²) in [5.41, 5.74) is 3.66. The quantitative estimate of drug-likeness (QED) is 0.226. The van der Waals surface area contributed by atoms with E-state index in [2.05, 4.69) is 12.1 Å². The minimum absolute atomic E-state index is 0.0647. The molecular weight excluding hydrogens is 322 g/mol. The van der Waals surface area contributed by atoms with Gasteiger partial charge in [0.05, 0.1) is 31.1 Å². The molecule has 2 fully saturated rings. The molecule has 0 amide bonds. The van der Waals surface area contributed by atoms with Crippen LogP contribution in [0.3, 0.4) is 0 Å². The van der Waals surface area contributed by atoms with Gasteiger partial charge in [0.2, 0.25) is 0 Å². The standard InChI is InChI=1S/C19H29NO5/c1-3-6-15(20-25-9-4-2)19-16(21)12-14(13-17(19)22)7-8-18-23-10-5-11-24-18/h4,14,18,20H,2-3,5-13H2,1H3. The highest BCUT2D eigenvalue weighted by Crippen LogP contribution is 2.30. The van der Waals surface area contributed by atoms with Crippen molar-refractivity contribution in [3.8, 4) is 0 Å². The summed E-state index contributed by atoms with van der Waals surface area (Å²) in [4.78, 5) is 30.4. The van der Waals surface area contributed by atoms with E-state index >= 15 is 0 Å². The molecule has 1 aliphatic carbocycles. The Morgan fingerprint density at radius 1 is 1.24 bits per heavy atom. The minimum atomic E-state index is -0.194. The van der Waals surface area contributed by atoms with E-state index in [0.29, 0.717) is 31.6 Å². The highest BCUT2D eigenvalue weighted by molar-refractivity contribution is 6.22. The van der Waals surface area contributed by atoms with Gasteiger partial charge in [-0.1, -0.05) is 19.4 Å². The van der Waals surface area contributed by atoms with Crippen molar-refractivity contribution in [2.45, 2.75) is 58.2 Å². The lowest BCUT2D eigenvalue weighted by molar-refractivity contribution is -0.183. The molecule has 0 aromatic rings. The van der Waals surface area contributed by atoms with Gasteiger partial charge in [-0.05, 0) is 31.6 Å². The average Bonchev–Trinajstić information content (AvgIpc) is 2.60. The fourth-order valence-corrected chi connectivity index (χ4v) is 3.24. The second-order valence-corrected chi connectivity index (χ2v) is 6.53. The van der Waals surface area contributed by atoms with Gasteiger partial charge in [0.1, 0.15) is 0 Å². The van der Waals surface area contributed by atoms with Crippen LogP contribution in [-0.4, -0.2) is 37.7 Å². The van der Waals surface area contributed by atoms with Gasteiger partial charge in [0.25, 0.3) is 0 Å². The summed E-state index contributed by atoms with van der Waals surface area (Å²) >= 11 is 0. The number of rotatable bonds is 9. The van der Waals surface area contributed by atoms with Crippen LogP contribution in [0.5, 0.6) is 0 Å². The molecule has 6 nitrogen and oxygen atoms in total. The highest BCUT2D eigenvalue weighted by atomic mass is 16.7. The number of hydrogen-bond acceptors (Lipinski definition) is 6. The average molecular weight is 351 g/mol. The molecule has 2 rings (SSSR count). The minimum Gasteiger partial charge on any atom is -0.353 e. The van der Waals surface area contributed by atoms with E-state index in [9.17, 15) is 9.59 Å². The molecule has 0 aromatic carbocycles. The van der Waals surface area contributed by atoms with Crippen LogP contribution in [0.1, 0.15) is 51.9 Å². The Kier molecular flexibility index (Phi) is 8.31. The van der Waals surface area contributed by atoms with Crippen molar-refractivity contribution >= 4 is 11.6 Å². The smallest absolute Gasteiger partial charge is 0.168 e. The zero-order valence-corrected chi connectivity index (χ0v) is 15.1. The van der Waals surface area contributed by atoms with E-state index in [4.69, 9.17) is 14.3 Å². The van der Waals surface area contributed by atoms with E-state index in [1.807, 2.05) is 6.92 Å². The number of carbonyl (C=O) groups is 2. The number of allylic oxidation sites excluding steroid dienone is 2. The number of ketones is 2. The Morgan fingerprint density at radius 3 is 2.52 bits per heavy atom. The summed E-state index contributed by atoms with van der Waals surface area (Å²) in [7, 11) is 0. The van der Waals surface area contributed by atoms with Gasteiger partial charge in [0, 0.05) is 12.8 Å². The molecule has 0 bridgehead atoms. The monoisotopic (exact) mass is 351 g/mol. The highest BCUT2D eigenvalue weighted by Gasteiger charge is 2.33. The first kappa shape index (κ1) is 19.8. The van der Waals surface area contributed by atoms with Gasteiger partial charge < -0.3 is 9.47 Å². The van der Waals surface area contributed by atoms with E-state index < -0.39 is 0 Å². The first-order valence-corrected chi connectivity index (χ1v) is 9.17. The molecule has 140 valence electrons. The number of ether oxygens (including phenoxy) is 2. The van der Waals surface area contributed by atoms with Crippen LogP contribution >= 0.6 is 0 Å². The molecule has 1 heterocycles. The first-order chi connectivity index (χ1) is 12.2. The van der Waals surface area contributed by atoms with Crippen molar-refractivity contribution in [3.05, 3.63) is 23.9 Å². The van der Waals surface area contributed by atoms with E-state index in [1.54, 1.807) is 6.08 Å². The topological polar surface area (TPSA) is 73.9 Å². The number of hydroxylamine groups is 1. The normalized spacial score (nSPS) is 22.1.